The Labute approximate surface area is 250 Å². The topological polar surface area (TPSA) is 96.2 Å². The van der Waals surface area contributed by atoms with E-state index >= 15 is 0 Å². The molecule has 4 heterocycles. The van der Waals surface area contributed by atoms with Gasteiger partial charge in [-0.25, -0.2) is 9.97 Å². The number of alkyl halides is 3. The Kier molecular flexibility index (Phi) is 7.73. The molecule has 1 aliphatic rings. The van der Waals surface area contributed by atoms with Crippen molar-refractivity contribution in [1.29, 1.82) is 0 Å². The van der Waals surface area contributed by atoms with Crippen LogP contribution < -0.4 is 20.7 Å². The van der Waals surface area contributed by atoms with Crippen LogP contribution in [0.4, 0.5) is 24.9 Å². The molecule has 0 saturated carbocycles. The zero-order valence-electron chi connectivity index (χ0n) is 23.8. The van der Waals surface area contributed by atoms with Gasteiger partial charge in [0.2, 0.25) is 5.95 Å². The first-order valence-corrected chi connectivity index (χ1v) is 14.0. The molecule has 44 heavy (non-hydrogen) atoms. The van der Waals surface area contributed by atoms with E-state index in [2.05, 4.69) is 20.1 Å². The highest BCUT2D eigenvalue weighted by Crippen LogP contribution is 2.29. The SMILES string of the molecule is Cc1nc(N2CCN(c3ccccn3)CC2)nc2c1ccc(=O)n2-c1ccc(C(=O)NCc2ccc(C(F)(F)F)cc2)cc1. The minimum atomic E-state index is -4.42. The summed E-state index contributed by atoms with van der Waals surface area (Å²) in [5.74, 6) is 1.06. The third kappa shape index (κ3) is 5.96. The van der Waals surface area contributed by atoms with E-state index in [1.807, 2.05) is 25.1 Å². The lowest BCUT2D eigenvalue weighted by Crippen LogP contribution is -2.47. The molecule has 3 aromatic heterocycles. The molecule has 0 atom stereocenters. The van der Waals surface area contributed by atoms with Crippen molar-refractivity contribution in [2.24, 2.45) is 0 Å². The van der Waals surface area contributed by atoms with Gasteiger partial charge in [-0.15, -0.1) is 0 Å². The van der Waals surface area contributed by atoms with Crippen molar-refractivity contribution in [3.05, 3.63) is 118 Å². The lowest BCUT2D eigenvalue weighted by Gasteiger charge is -2.35. The Bertz CT molecular complexity index is 1850. The first-order chi connectivity index (χ1) is 21.2. The smallest absolute Gasteiger partial charge is 0.353 e. The standard InChI is InChI=1S/C32H28F3N7O2/c1-21-26-13-14-28(43)42(29(26)39-31(38-21)41-18-16-40(17-19-41)27-4-2-3-15-36-27)25-11-7-23(8-12-25)30(44)37-20-22-5-9-24(10-6-22)32(33,34)35/h2-15H,16-20H2,1H3,(H,37,44). The zero-order chi connectivity index (χ0) is 30.8. The van der Waals surface area contributed by atoms with E-state index in [1.165, 1.54) is 22.8 Å². The van der Waals surface area contributed by atoms with Gasteiger partial charge in [0.1, 0.15) is 5.82 Å². The van der Waals surface area contributed by atoms with Crippen molar-refractivity contribution >= 4 is 28.7 Å². The summed E-state index contributed by atoms with van der Waals surface area (Å²) in [5, 5.41) is 3.45. The van der Waals surface area contributed by atoms with Crippen LogP contribution >= 0.6 is 0 Å². The predicted molar refractivity (Wildman–Crippen MR) is 161 cm³/mol. The largest absolute Gasteiger partial charge is 0.416 e. The average molecular weight is 600 g/mol. The van der Waals surface area contributed by atoms with Gasteiger partial charge in [-0.1, -0.05) is 18.2 Å². The summed E-state index contributed by atoms with van der Waals surface area (Å²) in [6.07, 6.45) is -2.64. The third-order valence-corrected chi connectivity index (χ3v) is 7.59. The molecule has 9 nitrogen and oxygen atoms in total. The van der Waals surface area contributed by atoms with Gasteiger partial charge in [-0.05, 0) is 67.1 Å². The number of fused-ring (bicyclic) bond motifs is 1. The number of hydrogen-bond acceptors (Lipinski definition) is 7. The van der Waals surface area contributed by atoms with Crippen LogP contribution in [0, 0.1) is 6.92 Å². The summed E-state index contributed by atoms with van der Waals surface area (Å²) in [7, 11) is 0. The Morgan fingerprint density at radius 2 is 1.57 bits per heavy atom. The van der Waals surface area contributed by atoms with Crippen molar-refractivity contribution in [2.45, 2.75) is 19.6 Å². The molecule has 224 valence electrons. The fourth-order valence-corrected chi connectivity index (χ4v) is 5.18. The van der Waals surface area contributed by atoms with Gasteiger partial charge < -0.3 is 15.1 Å². The highest BCUT2D eigenvalue weighted by Gasteiger charge is 2.30. The second kappa shape index (κ2) is 11.8. The molecule has 12 heteroatoms. The number of aryl methyl sites for hydroxylation is 1. The number of halogens is 3. The molecule has 1 saturated heterocycles. The van der Waals surface area contributed by atoms with Gasteiger partial charge in [0.15, 0.2) is 5.65 Å². The Hall–Kier alpha value is -5.26. The maximum atomic E-state index is 13.1. The number of anilines is 2. The molecular weight excluding hydrogens is 571 g/mol. The van der Waals surface area contributed by atoms with Gasteiger partial charge in [0, 0.05) is 55.9 Å². The number of amides is 1. The van der Waals surface area contributed by atoms with Gasteiger partial charge in [-0.2, -0.15) is 18.2 Å². The van der Waals surface area contributed by atoms with E-state index in [9.17, 15) is 22.8 Å². The number of aromatic nitrogens is 4. The molecule has 1 N–H and O–H groups in total. The van der Waals surface area contributed by atoms with E-state index in [4.69, 9.17) is 9.97 Å². The number of nitrogens with one attached hydrogen (secondary N) is 1. The minimum absolute atomic E-state index is 0.0661. The molecule has 0 unspecified atom stereocenters. The number of piperazine rings is 1. The van der Waals surface area contributed by atoms with E-state index in [1.54, 1.807) is 36.5 Å². The minimum Gasteiger partial charge on any atom is -0.353 e. The molecule has 1 aliphatic heterocycles. The van der Waals surface area contributed by atoms with Crippen LogP contribution in [-0.4, -0.2) is 51.6 Å². The van der Waals surface area contributed by atoms with Crippen molar-refractivity contribution in [1.82, 2.24) is 24.8 Å². The maximum absolute atomic E-state index is 13.1. The molecule has 0 radical (unpaired) electrons. The molecule has 2 aromatic carbocycles. The number of rotatable bonds is 6. The summed E-state index contributed by atoms with van der Waals surface area (Å²) >= 11 is 0. The lowest BCUT2D eigenvalue weighted by molar-refractivity contribution is -0.137. The first-order valence-electron chi connectivity index (χ1n) is 14.0. The summed E-state index contributed by atoms with van der Waals surface area (Å²) in [6.45, 7) is 4.83. The highest BCUT2D eigenvalue weighted by atomic mass is 19.4. The van der Waals surface area contributed by atoms with Crippen molar-refractivity contribution < 1.29 is 18.0 Å². The maximum Gasteiger partial charge on any atom is 0.416 e. The molecule has 0 spiro atoms. The lowest BCUT2D eigenvalue weighted by atomic mass is 10.1. The van der Waals surface area contributed by atoms with Crippen molar-refractivity contribution in [3.63, 3.8) is 0 Å². The zero-order valence-corrected chi connectivity index (χ0v) is 23.8. The summed E-state index contributed by atoms with van der Waals surface area (Å²) < 4.78 is 39.9. The van der Waals surface area contributed by atoms with Gasteiger partial charge in [-0.3, -0.25) is 14.2 Å². The van der Waals surface area contributed by atoms with Crippen LogP contribution in [0.3, 0.4) is 0 Å². The number of hydrogen-bond donors (Lipinski definition) is 1. The number of pyridine rings is 2. The molecule has 1 fully saturated rings. The molecule has 0 bridgehead atoms. The van der Waals surface area contributed by atoms with Crippen molar-refractivity contribution in [3.8, 4) is 5.69 Å². The van der Waals surface area contributed by atoms with E-state index in [-0.39, 0.29) is 12.1 Å². The van der Waals surface area contributed by atoms with Crippen LogP contribution in [-0.2, 0) is 12.7 Å². The number of nitrogens with zero attached hydrogens (tertiary/aromatic N) is 6. The van der Waals surface area contributed by atoms with E-state index in [0.717, 1.165) is 42.1 Å². The summed E-state index contributed by atoms with van der Waals surface area (Å²) in [4.78, 5) is 44.2. The normalized spacial score (nSPS) is 13.7. The second-order valence-corrected chi connectivity index (χ2v) is 10.4. The van der Waals surface area contributed by atoms with Crippen LogP contribution in [0.25, 0.3) is 16.7 Å². The molecule has 5 aromatic rings. The van der Waals surface area contributed by atoms with Gasteiger partial charge in [0.25, 0.3) is 11.5 Å². The van der Waals surface area contributed by atoms with Gasteiger partial charge >= 0.3 is 6.18 Å². The Balaban J connectivity index is 1.20. The molecule has 0 aliphatic carbocycles. The molecule has 1 amide bonds. The summed E-state index contributed by atoms with van der Waals surface area (Å²) in [6, 6.07) is 20.2. The molecular formula is C32H28F3N7O2. The fraction of sp³-hybridized carbons (Fsp3) is 0.219. The fourth-order valence-electron chi connectivity index (χ4n) is 5.18. The number of carbonyl (C=O) groups is 1. The van der Waals surface area contributed by atoms with E-state index in [0.29, 0.717) is 41.5 Å². The Morgan fingerprint density at radius 1 is 0.864 bits per heavy atom. The average Bonchev–Trinajstić information content (AvgIpc) is 3.04. The molecule has 6 rings (SSSR count). The number of benzene rings is 2. The highest BCUT2D eigenvalue weighted by molar-refractivity contribution is 5.94. The van der Waals surface area contributed by atoms with Crippen LogP contribution in [0.2, 0.25) is 0 Å². The number of carbonyl (C=O) groups excluding carboxylic acids is 1. The van der Waals surface area contributed by atoms with Crippen LogP contribution in [0.1, 0.15) is 27.2 Å². The summed E-state index contributed by atoms with van der Waals surface area (Å²) in [5.41, 5.74) is 1.59. The quantitative estimate of drug-likeness (QED) is 0.301. The third-order valence-electron chi connectivity index (χ3n) is 7.59. The predicted octanol–water partition coefficient (Wildman–Crippen LogP) is 4.76. The monoisotopic (exact) mass is 599 g/mol. The Morgan fingerprint density at radius 3 is 2.23 bits per heavy atom. The first kappa shape index (κ1) is 28.8. The van der Waals surface area contributed by atoms with E-state index < -0.39 is 17.6 Å². The second-order valence-electron chi connectivity index (χ2n) is 10.4. The van der Waals surface area contributed by atoms with Gasteiger partial charge in [0.05, 0.1) is 16.9 Å². The van der Waals surface area contributed by atoms with Crippen LogP contribution in [0.15, 0.2) is 89.9 Å². The van der Waals surface area contributed by atoms with Crippen molar-refractivity contribution in [2.75, 3.05) is 36.0 Å². The van der Waals surface area contributed by atoms with Crippen LogP contribution in [0.5, 0.6) is 0 Å².